The van der Waals surface area contributed by atoms with Crippen LogP contribution in [-0.2, 0) is 19.3 Å². The van der Waals surface area contributed by atoms with Crippen LogP contribution in [0, 0.1) is 0 Å². The van der Waals surface area contributed by atoms with Gasteiger partial charge < -0.3 is 25.4 Å². The lowest BCUT2D eigenvalue weighted by Gasteiger charge is -2.34. The third-order valence-corrected chi connectivity index (χ3v) is 9.92. The first-order valence-corrected chi connectivity index (χ1v) is 15.0. The number of aromatic nitrogens is 2. The molecule has 2 aliphatic rings. The number of nitrogens with zero attached hydrogens (tertiary/aromatic N) is 3. The van der Waals surface area contributed by atoms with E-state index in [1.165, 1.54) is 0 Å². The van der Waals surface area contributed by atoms with Gasteiger partial charge in [0.05, 0.1) is 29.8 Å². The van der Waals surface area contributed by atoms with Crippen molar-refractivity contribution in [3.8, 4) is 11.4 Å². The van der Waals surface area contributed by atoms with Crippen molar-refractivity contribution in [1.29, 1.82) is 0 Å². The summed E-state index contributed by atoms with van der Waals surface area (Å²) in [6.45, 7) is 4.58. The zero-order valence-electron chi connectivity index (χ0n) is 21.8. The van der Waals surface area contributed by atoms with Gasteiger partial charge in [0.2, 0.25) is 0 Å². The van der Waals surface area contributed by atoms with Crippen molar-refractivity contribution >= 4 is 38.7 Å². The number of hydrogen-bond donors (Lipinski definition) is 3. The molecule has 0 spiro atoms. The lowest BCUT2D eigenvalue weighted by atomic mass is 10.1. The maximum absolute atomic E-state index is 13.8. The Hall–Kier alpha value is -3.12. The first-order valence-electron chi connectivity index (χ1n) is 13.1. The molecule has 9 nitrogen and oxygen atoms in total. The molecule has 1 atom stereocenters. The second-order valence-electron chi connectivity index (χ2n) is 9.90. The van der Waals surface area contributed by atoms with Gasteiger partial charge in [-0.3, -0.25) is 0 Å². The summed E-state index contributed by atoms with van der Waals surface area (Å²) in [5.41, 5.74) is 2.10. The summed E-state index contributed by atoms with van der Waals surface area (Å²) in [6, 6.07) is 18.1. The summed E-state index contributed by atoms with van der Waals surface area (Å²) < 4.78 is 32.2. The molecular weight excluding hydrogens is 534 g/mol. The zero-order valence-corrected chi connectivity index (χ0v) is 23.5. The molecule has 5 rings (SSSR count). The predicted molar refractivity (Wildman–Crippen MR) is 156 cm³/mol. The van der Waals surface area contributed by atoms with E-state index in [9.17, 15) is 8.42 Å². The van der Waals surface area contributed by atoms with Gasteiger partial charge in [-0.05, 0) is 74.8 Å². The Kier molecular flexibility index (Phi) is 8.13. The summed E-state index contributed by atoms with van der Waals surface area (Å²) in [5, 5.41) is 15.6. The number of benzene rings is 2. The Bertz CT molecular complexity index is 1410. The number of aliphatic hydroxyl groups is 1. The fourth-order valence-corrected chi connectivity index (χ4v) is 6.98. The Morgan fingerprint density at radius 2 is 1.90 bits per heavy atom. The van der Waals surface area contributed by atoms with Crippen LogP contribution in [0.3, 0.4) is 0 Å². The van der Waals surface area contributed by atoms with Gasteiger partial charge in [0.15, 0.2) is 20.8 Å². The third-order valence-electron chi connectivity index (χ3n) is 7.13. The largest absolute Gasteiger partial charge is 0.396 e. The topological polar surface area (TPSA) is 117 Å². The quantitative estimate of drug-likeness (QED) is 0.262. The molecule has 1 saturated heterocycles. The van der Waals surface area contributed by atoms with E-state index in [1.807, 2.05) is 36.4 Å². The van der Waals surface area contributed by atoms with Gasteiger partial charge in [-0.1, -0.05) is 18.2 Å². The molecule has 3 aromatic rings. The standard InChI is InChI=1S/C28H33N5O4S2/c1-20-19-37-17-15-33(20)25-18-24(28(12-13-28)39(35,36)23-6-3-2-4-7-23)31-26(32-25)21-8-10-22(11-9-21)30-27(38)29-14-5-16-34/h2-4,6-11,18,20,34H,5,12-17,19H2,1H3,(H2,29,30,38)/t20-/m0/s1. The van der Waals surface area contributed by atoms with Gasteiger partial charge in [0, 0.05) is 37.0 Å². The molecule has 0 radical (unpaired) electrons. The highest BCUT2D eigenvalue weighted by Gasteiger charge is 2.58. The van der Waals surface area contributed by atoms with E-state index < -0.39 is 14.6 Å². The number of anilines is 2. The fourth-order valence-electron chi connectivity index (χ4n) is 4.77. The summed E-state index contributed by atoms with van der Waals surface area (Å²) in [6.07, 6.45) is 1.64. The lowest BCUT2D eigenvalue weighted by molar-refractivity contribution is 0.0985. The molecule has 0 bridgehead atoms. The Balaban J connectivity index is 1.50. The normalized spacial score (nSPS) is 18.4. The smallest absolute Gasteiger partial charge is 0.189 e. The average Bonchev–Trinajstić information content (AvgIpc) is 3.77. The van der Waals surface area contributed by atoms with Gasteiger partial charge in [0.25, 0.3) is 0 Å². The molecule has 2 heterocycles. The molecule has 2 aromatic carbocycles. The molecule has 3 N–H and O–H groups in total. The molecule has 0 amide bonds. The van der Waals surface area contributed by atoms with Crippen LogP contribution in [0.4, 0.5) is 11.5 Å². The monoisotopic (exact) mass is 567 g/mol. The summed E-state index contributed by atoms with van der Waals surface area (Å²) in [4.78, 5) is 12.2. The molecule has 1 aliphatic carbocycles. The second kappa shape index (κ2) is 11.5. The fraction of sp³-hybridized carbons (Fsp3) is 0.393. The number of ether oxygens (including phenoxy) is 1. The van der Waals surface area contributed by atoms with Crippen molar-refractivity contribution in [2.24, 2.45) is 0 Å². The molecule has 1 aromatic heterocycles. The van der Waals surface area contributed by atoms with E-state index in [0.717, 1.165) is 11.3 Å². The minimum atomic E-state index is -3.65. The van der Waals surface area contributed by atoms with Crippen LogP contribution < -0.4 is 15.5 Å². The van der Waals surface area contributed by atoms with Crippen LogP contribution >= 0.6 is 12.2 Å². The summed E-state index contributed by atoms with van der Waals surface area (Å²) in [7, 11) is -3.65. The second-order valence-corrected chi connectivity index (χ2v) is 12.6. The Labute approximate surface area is 234 Å². The van der Waals surface area contributed by atoms with Crippen molar-refractivity contribution in [3.63, 3.8) is 0 Å². The van der Waals surface area contributed by atoms with Gasteiger partial charge in [-0.2, -0.15) is 0 Å². The van der Waals surface area contributed by atoms with Crippen LogP contribution in [0.1, 0.15) is 31.9 Å². The van der Waals surface area contributed by atoms with Crippen molar-refractivity contribution in [2.75, 3.05) is 43.1 Å². The number of thiocarbonyl (C=S) groups is 1. The van der Waals surface area contributed by atoms with Crippen LogP contribution in [0.2, 0.25) is 0 Å². The van der Waals surface area contributed by atoms with Crippen molar-refractivity contribution < 1.29 is 18.3 Å². The first-order chi connectivity index (χ1) is 18.8. The Morgan fingerprint density at radius 3 is 2.56 bits per heavy atom. The number of hydrogen-bond acceptors (Lipinski definition) is 8. The van der Waals surface area contributed by atoms with Gasteiger partial charge in [-0.15, -0.1) is 0 Å². The van der Waals surface area contributed by atoms with E-state index >= 15 is 0 Å². The Morgan fingerprint density at radius 1 is 1.15 bits per heavy atom. The van der Waals surface area contributed by atoms with Crippen LogP contribution in [0.15, 0.2) is 65.6 Å². The van der Waals surface area contributed by atoms with E-state index in [0.29, 0.717) is 72.9 Å². The number of sulfone groups is 1. The summed E-state index contributed by atoms with van der Waals surface area (Å²) >= 11 is 5.32. The number of morpholine rings is 1. The van der Waals surface area contributed by atoms with E-state index in [2.05, 4.69) is 22.5 Å². The van der Waals surface area contributed by atoms with E-state index in [1.54, 1.807) is 24.3 Å². The average molecular weight is 568 g/mol. The number of rotatable bonds is 9. The first kappa shape index (κ1) is 27.4. The molecule has 1 saturated carbocycles. The van der Waals surface area contributed by atoms with Crippen LogP contribution in [0.5, 0.6) is 0 Å². The highest BCUT2D eigenvalue weighted by molar-refractivity contribution is 7.92. The third kappa shape index (κ3) is 5.76. The molecule has 0 unspecified atom stereocenters. The van der Waals surface area contributed by atoms with Gasteiger partial charge >= 0.3 is 0 Å². The number of nitrogens with one attached hydrogen (secondary N) is 2. The SMILES string of the molecule is C[C@H]1COCCN1c1cc(C2(S(=O)(=O)c3ccccc3)CC2)nc(-c2ccc(NC(=S)NCCCO)cc2)n1. The molecular formula is C28H33N5O4S2. The molecule has 39 heavy (non-hydrogen) atoms. The zero-order chi connectivity index (χ0) is 27.5. The van der Waals surface area contributed by atoms with Crippen molar-refractivity contribution in [1.82, 2.24) is 15.3 Å². The molecule has 206 valence electrons. The molecule has 11 heteroatoms. The number of aliphatic hydroxyl groups excluding tert-OH is 1. The minimum Gasteiger partial charge on any atom is -0.396 e. The van der Waals surface area contributed by atoms with Gasteiger partial charge in [-0.25, -0.2) is 18.4 Å². The highest BCUT2D eigenvalue weighted by Crippen LogP contribution is 2.55. The summed E-state index contributed by atoms with van der Waals surface area (Å²) in [5.74, 6) is 1.18. The van der Waals surface area contributed by atoms with E-state index in [4.69, 9.17) is 32.0 Å². The molecule has 1 aliphatic heterocycles. The lowest BCUT2D eigenvalue weighted by Crippen LogP contribution is -2.44. The van der Waals surface area contributed by atoms with Crippen LogP contribution in [-0.4, -0.2) is 67.6 Å². The highest BCUT2D eigenvalue weighted by atomic mass is 32.2. The molecule has 2 fully saturated rings. The predicted octanol–water partition coefficient (Wildman–Crippen LogP) is 3.50. The minimum absolute atomic E-state index is 0.0983. The van der Waals surface area contributed by atoms with Crippen molar-refractivity contribution in [3.05, 3.63) is 66.4 Å². The maximum Gasteiger partial charge on any atom is 0.189 e. The van der Waals surface area contributed by atoms with Gasteiger partial charge in [0.1, 0.15) is 10.6 Å². The van der Waals surface area contributed by atoms with E-state index in [-0.39, 0.29) is 12.6 Å². The maximum atomic E-state index is 13.8. The van der Waals surface area contributed by atoms with Crippen molar-refractivity contribution in [2.45, 2.75) is 41.9 Å². The van der Waals surface area contributed by atoms with Crippen LogP contribution in [0.25, 0.3) is 11.4 Å².